The first-order chi connectivity index (χ1) is 15.5. The summed E-state index contributed by atoms with van der Waals surface area (Å²) in [6.45, 7) is 6.26. The summed E-state index contributed by atoms with van der Waals surface area (Å²) in [7, 11) is -0.504. The molecular weight excluding hydrogens is 416 g/mol. The van der Waals surface area contributed by atoms with Crippen LogP contribution in [0, 0.1) is 13.8 Å². The minimum absolute atomic E-state index is 0.0732. The van der Waals surface area contributed by atoms with Crippen molar-refractivity contribution in [3.05, 3.63) is 93.4 Å². The van der Waals surface area contributed by atoms with E-state index >= 15 is 0 Å². The minimum Gasteiger partial charge on any atom is -0.481 e. The molecule has 5 rings (SSSR count). The summed E-state index contributed by atoms with van der Waals surface area (Å²) in [6, 6.07) is 21.2. The second-order valence-electron chi connectivity index (χ2n) is 8.59. The van der Waals surface area contributed by atoms with Gasteiger partial charge in [-0.25, -0.2) is 4.79 Å². The highest BCUT2D eigenvalue weighted by Crippen LogP contribution is 2.57. The van der Waals surface area contributed by atoms with Crippen LogP contribution in [-0.4, -0.2) is 12.6 Å². The molecule has 0 bridgehead atoms. The minimum atomic E-state index is -0.504. The normalized spacial score (nSPS) is 19.8. The Hall–Kier alpha value is -2.98. The third-order valence-electron chi connectivity index (χ3n) is 6.28. The smallest absolute Gasteiger partial charge is 0.344 e. The van der Waals surface area contributed by atoms with Crippen molar-refractivity contribution in [3.8, 4) is 5.75 Å². The lowest BCUT2D eigenvalue weighted by atomic mass is 10.1. The van der Waals surface area contributed by atoms with E-state index in [4.69, 9.17) is 9.47 Å². The van der Waals surface area contributed by atoms with Gasteiger partial charge >= 0.3 is 5.97 Å². The fraction of sp³-hybridized carbons (Fsp3) is 0.250. The molecule has 0 saturated heterocycles. The Kier molecular flexibility index (Phi) is 5.56. The molecule has 3 aromatic rings. The van der Waals surface area contributed by atoms with Gasteiger partial charge in [0, 0.05) is 4.90 Å². The summed E-state index contributed by atoms with van der Waals surface area (Å²) in [5.41, 5.74) is 5.83. The molecule has 2 aliphatic rings. The van der Waals surface area contributed by atoms with Gasteiger partial charge in [-0.3, -0.25) is 0 Å². The maximum Gasteiger partial charge on any atom is 0.344 e. The fourth-order valence-electron chi connectivity index (χ4n) is 4.88. The summed E-state index contributed by atoms with van der Waals surface area (Å²) >= 11 is 0. The van der Waals surface area contributed by atoms with E-state index < -0.39 is 10.9 Å². The lowest BCUT2D eigenvalue weighted by Gasteiger charge is -2.22. The summed E-state index contributed by atoms with van der Waals surface area (Å²) in [5, 5.41) is 0. The lowest BCUT2D eigenvalue weighted by molar-refractivity contribution is -0.151. The molecule has 3 nitrogen and oxygen atoms in total. The molecule has 3 aromatic carbocycles. The third kappa shape index (κ3) is 3.84. The van der Waals surface area contributed by atoms with Crippen LogP contribution in [0.5, 0.6) is 5.75 Å². The van der Waals surface area contributed by atoms with Gasteiger partial charge in [0.2, 0.25) is 0 Å². The Morgan fingerprint density at radius 1 is 1.00 bits per heavy atom. The molecule has 2 atom stereocenters. The van der Waals surface area contributed by atoms with Gasteiger partial charge in [-0.1, -0.05) is 42.5 Å². The maximum absolute atomic E-state index is 12.5. The van der Waals surface area contributed by atoms with E-state index in [9.17, 15) is 4.79 Å². The van der Waals surface area contributed by atoms with Gasteiger partial charge in [0.1, 0.15) is 11.9 Å². The quantitative estimate of drug-likeness (QED) is 0.351. The van der Waals surface area contributed by atoms with E-state index in [0.29, 0.717) is 0 Å². The van der Waals surface area contributed by atoms with E-state index in [1.165, 1.54) is 25.8 Å². The first-order valence-corrected chi connectivity index (χ1v) is 12.4. The van der Waals surface area contributed by atoms with Gasteiger partial charge in [-0.15, -0.1) is 0 Å². The molecule has 0 radical (unpaired) electrons. The summed E-state index contributed by atoms with van der Waals surface area (Å²) in [6.07, 6.45) is 3.93. The van der Waals surface area contributed by atoms with Crippen LogP contribution in [0.3, 0.4) is 0 Å². The first kappa shape index (κ1) is 20.9. The Morgan fingerprint density at radius 3 is 2.53 bits per heavy atom. The monoisotopic (exact) mass is 444 g/mol. The molecule has 1 aliphatic heterocycles. The van der Waals surface area contributed by atoms with Crippen molar-refractivity contribution in [1.82, 2.24) is 0 Å². The van der Waals surface area contributed by atoms with Gasteiger partial charge < -0.3 is 9.47 Å². The van der Waals surface area contributed by atoms with Crippen LogP contribution in [0.4, 0.5) is 0 Å². The molecule has 0 spiro atoms. The summed E-state index contributed by atoms with van der Waals surface area (Å²) in [4.78, 5) is 16.7. The van der Waals surface area contributed by atoms with Crippen LogP contribution < -0.4 is 4.74 Å². The third-order valence-corrected chi connectivity index (χ3v) is 8.78. The molecule has 1 aliphatic carbocycles. The van der Waals surface area contributed by atoms with E-state index in [-0.39, 0.29) is 18.7 Å². The maximum atomic E-state index is 12.5. The van der Waals surface area contributed by atoms with Crippen molar-refractivity contribution in [2.24, 2.45) is 0 Å². The van der Waals surface area contributed by atoms with Gasteiger partial charge in [-0.2, -0.15) is 10.9 Å². The van der Waals surface area contributed by atoms with Crippen LogP contribution in [0.1, 0.15) is 47.3 Å². The molecular formula is C28H28O3S. The molecule has 32 heavy (non-hydrogen) atoms. The number of hydrogen-bond acceptors (Lipinski definition) is 3. The number of esters is 1. The molecule has 0 saturated carbocycles. The predicted molar refractivity (Wildman–Crippen MR) is 131 cm³/mol. The van der Waals surface area contributed by atoms with Gasteiger partial charge in [0.05, 0.1) is 0 Å². The van der Waals surface area contributed by atoms with Gasteiger partial charge in [0.15, 0.2) is 6.61 Å². The number of fused-ring (bicyclic) bond motifs is 2. The van der Waals surface area contributed by atoms with Crippen molar-refractivity contribution in [1.29, 1.82) is 0 Å². The first-order valence-electron chi connectivity index (χ1n) is 11.1. The molecule has 0 amide bonds. The van der Waals surface area contributed by atoms with Crippen molar-refractivity contribution in [2.45, 2.75) is 49.5 Å². The Balaban J connectivity index is 1.29. The van der Waals surface area contributed by atoms with E-state index in [1.807, 2.05) is 18.2 Å². The second-order valence-corrected chi connectivity index (χ2v) is 11.0. The number of allylic oxidation sites excluding steroid dienone is 1. The molecule has 2 unspecified atom stereocenters. The van der Waals surface area contributed by atoms with Crippen LogP contribution >= 0.6 is 10.9 Å². The number of thiol groups is 1. The number of carbonyl (C=O) groups is 1. The van der Waals surface area contributed by atoms with E-state index in [2.05, 4.69) is 69.3 Å². The molecule has 4 heteroatoms. The highest BCUT2D eigenvalue weighted by atomic mass is 32.2. The molecule has 0 aromatic heterocycles. The van der Waals surface area contributed by atoms with Crippen LogP contribution in [0.15, 0.2) is 75.4 Å². The number of rotatable bonds is 5. The van der Waals surface area contributed by atoms with Crippen molar-refractivity contribution >= 4 is 22.9 Å². The number of benzene rings is 3. The SMILES string of the molecule is CC1=Cc2ccccc2[SH]1c1cc(C)c(OCC(=O)OC2CCc3ccccc32)c(C)c1. The van der Waals surface area contributed by atoms with Crippen molar-refractivity contribution in [2.75, 3.05) is 6.61 Å². The Bertz CT molecular complexity index is 1200. The predicted octanol–water partition coefficient (Wildman–Crippen LogP) is 6.71. The highest BCUT2D eigenvalue weighted by molar-refractivity contribution is 8.20. The topological polar surface area (TPSA) is 35.5 Å². The van der Waals surface area contributed by atoms with Gasteiger partial charge in [-0.05, 0) is 95.5 Å². The zero-order valence-corrected chi connectivity index (χ0v) is 19.6. The lowest BCUT2D eigenvalue weighted by Crippen LogP contribution is -2.18. The number of carbonyl (C=O) groups excluding carboxylic acids is 1. The largest absolute Gasteiger partial charge is 0.481 e. The number of hydrogen-bond donors (Lipinski definition) is 1. The van der Waals surface area contributed by atoms with Crippen LogP contribution in [0.2, 0.25) is 0 Å². The van der Waals surface area contributed by atoms with E-state index in [0.717, 1.165) is 35.3 Å². The molecule has 1 heterocycles. The zero-order valence-electron chi connectivity index (χ0n) is 18.7. The molecule has 0 fully saturated rings. The van der Waals surface area contributed by atoms with Crippen molar-refractivity contribution in [3.63, 3.8) is 0 Å². The Labute approximate surface area is 192 Å². The summed E-state index contributed by atoms with van der Waals surface area (Å²) in [5.74, 6) is 0.462. The van der Waals surface area contributed by atoms with Crippen LogP contribution in [-0.2, 0) is 16.0 Å². The molecule has 0 N–H and O–H groups in total. The second kappa shape index (κ2) is 8.51. The number of ether oxygens (including phenoxy) is 2. The highest BCUT2D eigenvalue weighted by Gasteiger charge is 2.26. The average Bonchev–Trinajstić information content (AvgIpc) is 3.33. The van der Waals surface area contributed by atoms with Gasteiger partial charge in [0.25, 0.3) is 0 Å². The van der Waals surface area contributed by atoms with E-state index in [1.54, 1.807) is 0 Å². The Morgan fingerprint density at radius 2 is 1.72 bits per heavy atom. The van der Waals surface area contributed by atoms with Crippen molar-refractivity contribution < 1.29 is 14.3 Å². The average molecular weight is 445 g/mol. The zero-order chi connectivity index (χ0) is 22.2. The standard InChI is InChI=1S/C28H28O3S/c1-18-14-23(32-20(3)16-22-9-5-7-11-26(22)32)15-19(2)28(18)30-17-27(29)31-25-13-12-21-8-4-6-10-24(21)25/h4-11,14-16,25,32H,12-13,17H2,1-3H3. The molecule has 164 valence electrons. The fourth-order valence-corrected chi connectivity index (χ4v) is 7.50. The summed E-state index contributed by atoms with van der Waals surface area (Å²) < 4.78 is 11.7. The van der Waals surface area contributed by atoms with Crippen LogP contribution in [0.25, 0.3) is 6.08 Å². The number of aryl methyl sites for hydroxylation is 3.